The molecular formula is C24H26ClO2P. The lowest BCUT2D eigenvalue weighted by atomic mass is 10.3. The van der Waals surface area contributed by atoms with Gasteiger partial charge in [-0.25, -0.2) is 0 Å². The van der Waals surface area contributed by atoms with Crippen molar-refractivity contribution < 1.29 is 21.9 Å². The molecule has 4 rings (SSSR count). The molecule has 0 amide bonds. The molecule has 2 nitrogen and oxygen atoms in total. The minimum Gasteiger partial charge on any atom is -1.00 e. The van der Waals surface area contributed by atoms with Gasteiger partial charge in [-0.2, -0.15) is 0 Å². The Bertz CT molecular complexity index is 724. The van der Waals surface area contributed by atoms with Crippen LogP contribution in [0.1, 0.15) is 12.8 Å². The van der Waals surface area contributed by atoms with E-state index in [4.69, 9.17) is 9.47 Å². The maximum Gasteiger partial charge on any atom is 0.161 e. The highest BCUT2D eigenvalue weighted by Gasteiger charge is 2.45. The molecule has 0 N–H and O–H groups in total. The molecule has 1 aliphatic rings. The fourth-order valence-corrected chi connectivity index (χ4v) is 8.19. The Hall–Kier alpha value is -1.70. The van der Waals surface area contributed by atoms with Crippen molar-refractivity contribution >= 4 is 23.2 Å². The first-order valence-electron chi connectivity index (χ1n) is 9.68. The van der Waals surface area contributed by atoms with Gasteiger partial charge in [-0.05, 0) is 42.8 Å². The monoisotopic (exact) mass is 412 g/mol. The van der Waals surface area contributed by atoms with Gasteiger partial charge in [0.2, 0.25) is 0 Å². The smallest absolute Gasteiger partial charge is 0.161 e. The second kappa shape index (κ2) is 10.2. The van der Waals surface area contributed by atoms with E-state index < -0.39 is 7.26 Å². The van der Waals surface area contributed by atoms with Crippen LogP contribution in [0.15, 0.2) is 91.0 Å². The largest absolute Gasteiger partial charge is 1.00 e. The second-order valence-corrected chi connectivity index (χ2v) is 10.5. The molecule has 1 aliphatic heterocycles. The van der Waals surface area contributed by atoms with Crippen LogP contribution in [0.4, 0.5) is 0 Å². The first kappa shape index (κ1) is 21.0. The Balaban J connectivity index is 0.00000225. The summed E-state index contributed by atoms with van der Waals surface area (Å²) in [6.07, 6.45) is 2.85. The fourth-order valence-electron chi connectivity index (χ4n) is 3.88. The number of halogens is 1. The van der Waals surface area contributed by atoms with E-state index in [9.17, 15) is 0 Å². The van der Waals surface area contributed by atoms with E-state index in [2.05, 4.69) is 91.0 Å². The Labute approximate surface area is 174 Å². The van der Waals surface area contributed by atoms with Crippen LogP contribution >= 0.6 is 7.26 Å². The first-order chi connectivity index (χ1) is 13.4. The molecule has 0 radical (unpaired) electrons. The molecule has 1 fully saturated rings. The van der Waals surface area contributed by atoms with E-state index in [1.165, 1.54) is 15.9 Å². The van der Waals surface area contributed by atoms with Gasteiger partial charge in [0.25, 0.3) is 0 Å². The molecule has 3 aromatic carbocycles. The van der Waals surface area contributed by atoms with E-state index in [-0.39, 0.29) is 18.7 Å². The normalized spacial score (nSPS) is 15.0. The molecule has 0 aliphatic carbocycles. The predicted octanol–water partition coefficient (Wildman–Crippen LogP) is 1.14. The van der Waals surface area contributed by atoms with Gasteiger partial charge in [-0.15, -0.1) is 0 Å². The third-order valence-corrected chi connectivity index (χ3v) is 9.66. The molecule has 0 atom stereocenters. The number of benzene rings is 3. The van der Waals surface area contributed by atoms with Crippen LogP contribution in [0.3, 0.4) is 0 Å². The first-order valence-corrected chi connectivity index (χ1v) is 11.7. The van der Waals surface area contributed by atoms with Crippen molar-refractivity contribution in [1.82, 2.24) is 0 Å². The molecule has 146 valence electrons. The molecule has 0 aromatic heterocycles. The molecule has 28 heavy (non-hydrogen) atoms. The molecular weight excluding hydrogens is 387 g/mol. The molecule has 4 heteroatoms. The molecule has 1 heterocycles. The summed E-state index contributed by atoms with van der Waals surface area (Å²) >= 11 is 0. The van der Waals surface area contributed by atoms with Crippen molar-refractivity contribution in [3.05, 3.63) is 91.0 Å². The summed E-state index contributed by atoms with van der Waals surface area (Å²) in [5.74, 6) is 0. The van der Waals surface area contributed by atoms with Crippen molar-refractivity contribution in [1.29, 1.82) is 0 Å². The van der Waals surface area contributed by atoms with Crippen LogP contribution in [-0.4, -0.2) is 25.7 Å². The molecule has 0 saturated carbocycles. The van der Waals surface area contributed by atoms with Crippen LogP contribution < -0.4 is 28.3 Å². The van der Waals surface area contributed by atoms with Gasteiger partial charge >= 0.3 is 0 Å². The van der Waals surface area contributed by atoms with E-state index in [1.54, 1.807) is 0 Å². The van der Waals surface area contributed by atoms with Gasteiger partial charge in [0.05, 0.1) is 19.4 Å². The van der Waals surface area contributed by atoms with E-state index >= 15 is 0 Å². The summed E-state index contributed by atoms with van der Waals surface area (Å²) in [6, 6.07) is 33.0. The topological polar surface area (TPSA) is 18.5 Å². The Kier molecular flexibility index (Phi) is 7.65. The molecule has 1 saturated heterocycles. The highest BCUT2D eigenvalue weighted by molar-refractivity contribution is 7.95. The number of hydrogen-bond acceptors (Lipinski definition) is 2. The summed E-state index contributed by atoms with van der Waals surface area (Å²) in [7, 11) is -1.78. The zero-order valence-corrected chi connectivity index (χ0v) is 17.6. The van der Waals surface area contributed by atoms with Crippen LogP contribution in [0.2, 0.25) is 0 Å². The molecule has 0 bridgehead atoms. The maximum absolute atomic E-state index is 5.88. The average Bonchev–Trinajstić information content (AvgIpc) is 2.77. The van der Waals surface area contributed by atoms with Crippen LogP contribution in [0.25, 0.3) is 0 Å². The van der Waals surface area contributed by atoms with Gasteiger partial charge in [0.15, 0.2) is 6.29 Å². The summed E-state index contributed by atoms with van der Waals surface area (Å²) in [5, 5.41) is 4.25. The van der Waals surface area contributed by atoms with Crippen molar-refractivity contribution in [3.63, 3.8) is 0 Å². The van der Waals surface area contributed by atoms with Gasteiger partial charge in [0, 0.05) is 6.42 Å². The van der Waals surface area contributed by atoms with Crippen LogP contribution in [0, 0.1) is 0 Å². The fraction of sp³-hybridized carbons (Fsp3) is 0.250. The second-order valence-electron chi connectivity index (χ2n) is 6.85. The summed E-state index contributed by atoms with van der Waals surface area (Å²) in [6.45, 7) is 1.61. The minimum atomic E-state index is -1.78. The van der Waals surface area contributed by atoms with E-state index in [0.29, 0.717) is 0 Å². The van der Waals surface area contributed by atoms with Gasteiger partial charge in [-0.3, -0.25) is 0 Å². The quantitative estimate of drug-likeness (QED) is 0.565. The van der Waals surface area contributed by atoms with E-state index in [1.807, 2.05) is 0 Å². The highest BCUT2D eigenvalue weighted by Crippen LogP contribution is 2.56. The lowest BCUT2D eigenvalue weighted by Gasteiger charge is -2.30. The third-order valence-electron chi connectivity index (χ3n) is 5.19. The van der Waals surface area contributed by atoms with Crippen LogP contribution in [0.5, 0.6) is 0 Å². The summed E-state index contributed by atoms with van der Waals surface area (Å²) in [4.78, 5) is 0. The lowest BCUT2D eigenvalue weighted by molar-refractivity contribution is -0.178. The zero-order chi connectivity index (χ0) is 18.4. The lowest BCUT2D eigenvalue weighted by Crippen LogP contribution is -3.00. The molecule has 0 spiro atoms. The maximum atomic E-state index is 5.88. The third kappa shape index (κ3) is 4.47. The van der Waals surface area contributed by atoms with Crippen LogP contribution in [-0.2, 0) is 9.47 Å². The summed E-state index contributed by atoms with van der Waals surface area (Å²) in [5.41, 5.74) is 0. The van der Waals surface area contributed by atoms with Crippen molar-refractivity contribution in [2.24, 2.45) is 0 Å². The summed E-state index contributed by atoms with van der Waals surface area (Å²) < 4.78 is 11.8. The number of rotatable bonds is 6. The standard InChI is InChI=1S/C24H26O2P.ClH/c1-4-11-21(12-5-1)27(22-13-6-2-7-14-22,23-15-8-3-9-16-23)20-17-24-25-18-10-19-26-24;/h1-9,11-16,24H,10,17-20H2;1H/q+1;/p-1. The Morgan fingerprint density at radius 2 is 1.04 bits per heavy atom. The van der Waals surface area contributed by atoms with Gasteiger partial charge < -0.3 is 21.9 Å². The average molecular weight is 413 g/mol. The highest BCUT2D eigenvalue weighted by atomic mass is 35.5. The Morgan fingerprint density at radius 1 is 0.643 bits per heavy atom. The van der Waals surface area contributed by atoms with Crippen molar-refractivity contribution in [2.45, 2.75) is 19.1 Å². The van der Waals surface area contributed by atoms with Crippen molar-refractivity contribution in [2.75, 3.05) is 19.4 Å². The predicted molar refractivity (Wildman–Crippen MR) is 115 cm³/mol. The Morgan fingerprint density at radius 3 is 1.43 bits per heavy atom. The SMILES string of the molecule is [Cl-].c1ccc([P+](CCC2OCCCO2)(c2ccccc2)c2ccccc2)cc1. The van der Waals surface area contributed by atoms with E-state index in [0.717, 1.165) is 32.2 Å². The van der Waals surface area contributed by atoms with Gasteiger partial charge in [0.1, 0.15) is 23.2 Å². The minimum absolute atomic E-state index is 0. The number of ether oxygens (including phenoxy) is 2. The van der Waals surface area contributed by atoms with Crippen molar-refractivity contribution in [3.8, 4) is 0 Å². The molecule has 3 aromatic rings. The zero-order valence-electron chi connectivity index (χ0n) is 15.9. The molecule has 0 unspecified atom stereocenters. The van der Waals surface area contributed by atoms with Gasteiger partial charge in [-0.1, -0.05) is 54.6 Å². The number of hydrogen-bond donors (Lipinski definition) is 0.